The molecule has 2 nitrogen and oxygen atoms in total. The Morgan fingerprint density at radius 2 is 1.11 bits per heavy atom. The summed E-state index contributed by atoms with van der Waals surface area (Å²) in [7, 11) is 0. The van der Waals surface area contributed by atoms with Crippen LogP contribution in [0.1, 0.15) is 86.5 Å². The van der Waals surface area contributed by atoms with Crippen molar-refractivity contribution in [2.45, 2.75) is 92.0 Å². The van der Waals surface area contributed by atoms with Crippen LogP contribution in [0.5, 0.6) is 0 Å². The Morgan fingerprint density at radius 3 is 1.53 bits per heavy atom. The molecule has 0 unspecified atom stereocenters. The lowest BCUT2D eigenvalue weighted by atomic mass is 9.57. The third-order valence-corrected chi connectivity index (χ3v) is 5.56. The zero-order chi connectivity index (χ0) is 15.2. The molecule has 0 spiro atoms. The van der Waals surface area contributed by atoms with Crippen molar-refractivity contribution in [3.63, 3.8) is 0 Å². The van der Waals surface area contributed by atoms with Gasteiger partial charge in [0.1, 0.15) is 0 Å². The molecule has 4 N–H and O–H groups in total. The van der Waals surface area contributed by atoms with Gasteiger partial charge in [-0.1, -0.05) is 59.8 Å². The SMILES string of the molecule is CC(C)(N)C(C)(C)C(C)(C)CCCCCCCCN. The fourth-order valence-electron chi connectivity index (χ4n) is 2.60. The summed E-state index contributed by atoms with van der Waals surface area (Å²) in [4.78, 5) is 0. The van der Waals surface area contributed by atoms with Crippen LogP contribution in [-0.2, 0) is 0 Å². The Labute approximate surface area is 121 Å². The maximum Gasteiger partial charge on any atom is 0.0154 e. The fourth-order valence-corrected chi connectivity index (χ4v) is 2.60. The first kappa shape index (κ1) is 18.9. The summed E-state index contributed by atoms with van der Waals surface area (Å²) in [6.45, 7) is 14.5. The number of rotatable bonds is 10. The van der Waals surface area contributed by atoms with E-state index < -0.39 is 0 Å². The summed E-state index contributed by atoms with van der Waals surface area (Å²) in [6, 6.07) is 0. The van der Waals surface area contributed by atoms with Crippen molar-refractivity contribution >= 4 is 0 Å². The van der Waals surface area contributed by atoms with Gasteiger partial charge in [-0.2, -0.15) is 0 Å². The highest BCUT2D eigenvalue weighted by Crippen LogP contribution is 2.48. The lowest BCUT2D eigenvalue weighted by Crippen LogP contribution is -2.54. The minimum atomic E-state index is -0.141. The van der Waals surface area contributed by atoms with Crippen LogP contribution in [0.15, 0.2) is 0 Å². The Kier molecular flexibility index (Phi) is 7.60. The van der Waals surface area contributed by atoms with Gasteiger partial charge in [-0.15, -0.1) is 0 Å². The molecular formula is C17H38N2. The predicted molar refractivity (Wildman–Crippen MR) is 87.2 cm³/mol. The molecule has 0 aliphatic heterocycles. The molecule has 0 aromatic carbocycles. The predicted octanol–water partition coefficient (Wildman–Crippen LogP) is 4.47. The van der Waals surface area contributed by atoms with Crippen LogP contribution in [0.4, 0.5) is 0 Å². The van der Waals surface area contributed by atoms with Gasteiger partial charge in [0.05, 0.1) is 0 Å². The second-order valence-electron chi connectivity index (χ2n) is 7.89. The van der Waals surface area contributed by atoms with Gasteiger partial charge in [-0.3, -0.25) is 0 Å². The first-order valence-electron chi connectivity index (χ1n) is 8.05. The van der Waals surface area contributed by atoms with Crippen LogP contribution in [0, 0.1) is 10.8 Å². The van der Waals surface area contributed by atoms with E-state index in [0.717, 1.165) is 6.54 Å². The highest BCUT2D eigenvalue weighted by atomic mass is 14.8. The minimum Gasteiger partial charge on any atom is -0.330 e. The minimum absolute atomic E-state index is 0.138. The quantitative estimate of drug-likeness (QED) is 0.576. The van der Waals surface area contributed by atoms with Gasteiger partial charge < -0.3 is 11.5 Å². The van der Waals surface area contributed by atoms with Crippen molar-refractivity contribution < 1.29 is 0 Å². The standard InChI is InChI=1S/C17H38N2/c1-15(2,16(3,4)17(5,6)19)13-11-9-7-8-10-12-14-18/h7-14,18-19H2,1-6H3. The third-order valence-electron chi connectivity index (χ3n) is 5.56. The molecule has 0 rings (SSSR count). The molecule has 116 valence electrons. The molecule has 0 amide bonds. The summed E-state index contributed by atoms with van der Waals surface area (Å²) in [5.41, 5.74) is 12.2. The maximum absolute atomic E-state index is 6.37. The largest absolute Gasteiger partial charge is 0.330 e. The molecule has 0 saturated heterocycles. The van der Waals surface area contributed by atoms with Crippen molar-refractivity contribution in [1.82, 2.24) is 0 Å². The number of nitrogens with two attached hydrogens (primary N) is 2. The van der Waals surface area contributed by atoms with Crippen molar-refractivity contribution in [3.05, 3.63) is 0 Å². The number of hydrogen-bond donors (Lipinski definition) is 2. The van der Waals surface area contributed by atoms with E-state index in [1.54, 1.807) is 0 Å². The molecular weight excluding hydrogens is 232 g/mol. The van der Waals surface area contributed by atoms with E-state index in [2.05, 4.69) is 41.5 Å². The summed E-state index contributed by atoms with van der Waals surface area (Å²) >= 11 is 0. The van der Waals surface area contributed by atoms with Crippen LogP contribution in [0.25, 0.3) is 0 Å². The highest BCUT2D eigenvalue weighted by Gasteiger charge is 2.45. The Hall–Kier alpha value is -0.0800. The zero-order valence-corrected chi connectivity index (χ0v) is 14.3. The van der Waals surface area contributed by atoms with Gasteiger partial charge in [0.2, 0.25) is 0 Å². The molecule has 0 bridgehead atoms. The van der Waals surface area contributed by atoms with Crippen molar-refractivity contribution in [3.8, 4) is 0 Å². The average molecular weight is 271 g/mol. The molecule has 0 atom stereocenters. The molecule has 0 aromatic rings. The summed E-state index contributed by atoms with van der Waals surface area (Å²) in [5.74, 6) is 0. The first-order valence-corrected chi connectivity index (χ1v) is 8.05. The fraction of sp³-hybridized carbons (Fsp3) is 1.00. The molecule has 0 fully saturated rings. The van der Waals surface area contributed by atoms with E-state index in [1.165, 1.54) is 44.9 Å². The molecule has 0 saturated carbocycles. The van der Waals surface area contributed by atoms with Gasteiger partial charge in [0, 0.05) is 5.54 Å². The molecule has 0 heterocycles. The molecule has 2 heteroatoms. The average Bonchev–Trinajstić information content (AvgIpc) is 2.26. The lowest BCUT2D eigenvalue weighted by Gasteiger charge is -2.50. The topological polar surface area (TPSA) is 52.0 Å². The van der Waals surface area contributed by atoms with Crippen LogP contribution in [-0.4, -0.2) is 12.1 Å². The zero-order valence-electron chi connectivity index (χ0n) is 14.3. The Morgan fingerprint density at radius 1 is 0.684 bits per heavy atom. The highest BCUT2D eigenvalue weighted by molar-refractivity contribution is 4.99. The molecule has 0 aliphatic rings. The van der Waals surface area contributed by atoms with Crippen LogP contribution >= 0.6 is 0 Å². The van der Waals surface area contributed by atoms with Crippen LogP contribution in [0.3, 0.4) is 0 Å². The van der Waals surface area contributed by atoms with E-state index >= 15 is 0 Å². The van der Waals surface area contributed by atoms with E-state index in [9.17, 15) is 0 Å². The maximum atomic E-state index is 6.37. The van der Waals surface area contributed by atoms with Crippen molar-refractivity contribution in [2.75, 3.05) is 6.54 Å². The molecule has 0 aliphatic carbocycles. The number of unbranched alkanes of at least 4 members (excludes halogenated alkanes) is 5. The summed E-state index contributed by atoms with van der Waals surface area (Å²) in [5, 5.41) is 0. The van der Waals surface area contributed by atoms with E-state index in [0.29, 0.717) is 0 Å². The second-order valence-corrected chi connectivity index (χ2v) is 7.89. The second kappa shape index (κ2) is 7.64. The van der Waals surface area contributed by atoms with E-state index in [1.807, 2.05) is 0 Å². The van der Waals surface area contributed by atoms with Gasteiger partial charge in [0.25, 0.3) is 0 Å². The summed E-state index contributed by atoms with van der Waals surface area (Å²) in [6.07, 6.45) is 9.08. The van der Waals surface area contributed by atoms with Crippen LogP contribution in [0.2, 0.25) is 0 Å². The Bertz CT molecular complexity index is 236. The Balaban J connectivity index is 4.04. The van der Waals surface area contributed by atoms with Gasteiger partial charge in [-0.25, -0.2) is 0 Å². The van der Waals surface area contributed by atoms with E-state index in [-0.39, 0.29) is 16.4 Å². The van der Waals surface area contributed by atoms with E-state index in [4.69, 9.17) is 11.5 Å². The monoisotopic (exact) mass is 270 g/mol. The third kappa shape index (κ3) is 5.83. The summed E-state index contributed by atoms with van der Waals surface area (Å²) < 4.78 is 0. The normalized spacial score (nSPS) is 13.9. The van der Waals surface area contributed by atoms with Crippen molar-refractivity contribution in [1.29, 1.82) is 0 Å². The molecule has 0 aromatic heterocycles. The van der Waals surface area contributed by atoms with Crippen molar-refractivity contribution in [2.24, 2.45) is 22.3 Å². The first-order chi connectivity index (χ1) is 8.56. The van der Waals surface area contributed by atoms with Gasteiger partial charge >= 0.3 is 0 Å². The lowest BCUT2D eigenvalue weighted by molar-refractivity contribution is 0.0258. The van der Waals surface area contributed by atoms with Crippen LogP contribution < -0.4 is 11.5 Å². The van der Waals surface area contributed by atoms with Gasteiger partial charge in [-0.05, 0) is 44.1 Å². The molecule has 19 heavy (non-hydrogen) atoms. The smallest absolute Gasteiger partial charge is 0.0154 e. The van der Waals surface area contributed by atoms with Gasteiger partial charge in [0.15, 0.2) is 0 Å². The number of hydrogen-bond acceptors (Lipinski definition) is 2. The molecule has 0 radical (unpaired) electrons.